The van der Waals surface area contributed by atoms with Crippen LogP contribution in [0.15, 0.2) is 12.1 Å². The standard InChI is InChI=1S/C12H13NO3S2/c1-15-7-3-4-8(16-2)10-9(7)12(11(14)13-10)17-5-6-18-12/h3-4H,5-6H2,1-2H3,(H,13,14). The zero-order valence-electron chi connectivity index (χ0n) is 10.1. The van der Waals surface area contributed by atoms with Crippen LogP contribution in [0.3, 0.4) is 0 Å². The van der Waals surface area contributed by atoms with Gasteiger partial charge in [0.15, 0.2) is 4.08 Å². The van der Waals surface area contributed by atoms with Gasteiger partial charge in [-0.05, 0) is 12.1 Å². The highest BCUT2D eigenvalue weighted by Gasteiger charge is 2.53. The van der Waals surface area contributed by atoms with Gasteiger partial charge in [-0.15, -0.1) is 23.5 Å². The highest BCUT2D eigenvalue weighted by Crippen LogP contribution is 2.61. The van der Waals surface area contributed by atoms with Crippen LogP contribution in [0.25, 0.3) is 0 Å². The number of hydrogen-bond donors (Lipinski definition) is 1. The molecule has 1 amide bonds. The first-order valence-electron chi connectivity index (χ1n) is 5.58. The van der Waals surface area contributed by atoms with Crippen molar-refractivity contribution in [2.24, 2.45) is 0 Å². The van der Waals surface area contributed by atoms with Gasteiger partial charge in [0.2, 0.25) is 0 Å². The van der Waals surface area contributed by atoms with Gasteiger partial charge in [-0.25, -0.2) is 0 Å². The molecule has 4 nitrogen and oxygen atoms in total. The summed E-state index contributed by atoms with van der Waals surface area (Å²) in [6.45, 7) is 0. The molecule has 2 aliphatic heterocycles. The van der Waals surface area contributed by atoms with Crippen LogP contribution in [0.4, 0.5) is 5.69 Å². The lowest BCUT2D eigenvalue weighted by Gasteiger charge is -2.21. The predicted molar refractivity (Wildman–Crippen MR) is 74.8 cm³/mol. The van der Waals surface area contributed by atoms with E-state index < -0.39 is 4.08 Å². The van der Waals surface area contributed by atoms with Gasteiger partial charge in [0.1, 0.15) is 11.5 Å². The second-order valence-corrected chi connectivity index (χ2v) is 6.86. The Bertz CT molecular complexity index is 512. The number of carbonyl (C=O) groups excluding carboxylic acids is 1. The van der Waals surface area contributed by atoms with Crippen molar-refractivity contribution in [3.63, 3.8) is 0 Å². The topological polar surface area (TPSA) is 47.6 Å². The molecule has 0 aliphatic carbocycles. The maximum absolute atomic E-state index is 12.3. The molecule has 2 heterocycles. The lowest BCUT2D eigenvalue weighted by Crippen LogP contribution is -2.25. The summed E-state index contributed by atoms with van der Waals surface area (Å²) in [6.07, 6.45) is 0. The van der Waals surface area contributed by atoms with Gasteiger partial charge in [0, 0.05) is 11.5 Å². The Kier molecular flexibility index (Phi) is 2.86. The lowest BCUT2D eigenvalue weighted by molar-refractivity contribution is -0.116. The number of fused-ring (bicyclic) bond motifs is 2. The van der Waals surface area contributed by atoms with Crippen LogP contribution < -0.4 is 14.8 Å². The molecule has 2 aliphatic rings. The number of rotatable bonds is 2. The van der Waals surface area contributed by atoms with E-state index in [0.29, 0.717) is 5.75 Å². The van der Waals surface area contributed by atoms with Gasteiger partial charge >= 0.3 is 0 Å². The molecule has 0 atom stereocenters. The summed E-state index contributed by atoms with van der Waals surface area (Å²) in [4.78, 5) is 12.3. The van der Waals surface area contributed by atoms with Crippen LogP contribution in [0.5, 0.6) is 11.5 Å². The highest BCUT2D eigenvalue weighted by molar-refractivity contribution is 8.21. The van der Waals surface area contributed by atoms with Gasteiger partial charge in [0.05, 0.1) is 25.5 Å². The fraction of sp³-hybridized carbons (Fsp3) is 0.417. The van der Waals surface area contributed by atoms with Crippen molar-refractivity contribution < 1.29 is 14.3 Å². The molecule has 18 heavy (non-hydrogen) atoms. The zero-order valence-corrected chi connectivity index (χ0v) is 11.7. The van der Waals surface area contributed by atoms with Crippen molar-refractivity contribution in [1.29, 1.82) is 0 Å². The number of thioether (sulfide) groups is 2. The molecule has 0 unspecified atom stereocenters. The quantitative estimate of drug-likeness (QED) is 0.902. The molecule has 1 fully saturated rings. The Morgan fingerprint density at radius 3 is 2.39 bits per heavy atom. The molecule has 0 saturated carbocycles. The molecule has 1 N–H and O–H groups in total. The van der Waals surface area contributed by atoms with Crippen LogP contribution in [-0.4, -0.2) is 31.6 Å². The van der Waals surface area contributed by atoms with Crippen molar-refractivity contribution in [2.45, 2.75) is 4.08 Å². The molecule has 3 rings (SSSR count). The maximum atomic E-state index is 12.3. The monoisotopic (exact) mass is 283 g/mol. The van der Waals surface area contributed by atoms with Gasteiger partial charge in [0.25, 0.3) is 5.91 Å². The van der Waals surface area contributed by atoms with E-state index in [2.05, 4.69) is 5.32 Å². The van der Waals surface area contributed by atoms with E-state index in [1.54, 1.807) is 37.7 Å². The average molecular weight is 283 g/mol. The molecule has 0 bridgehead atoms. The summed E-state index contributed by atoms with van der Waals surface area (Å²) in [5.74, 6) is 3.39. The summed E-state index contributed by atoms with van der Waals surface area (Å²) in [5, 5.41) is 2.94. The first-order chi connectivity index (χ1) is 8.73. The van der Waals surface area contributed by atoms with Crippen molar-refractivity contribution in [3.05, 3.63) is 17.7 Å². The molecular formula is C12H13NO3S2. The highest BCUT2D eigenvalue weighted by atomic mass is 32.2. The third-order valence-corrected chi connectivity index (χ3v) is 6.50. The van der Waals surface area contributed by atoms with Gasteiger partial charge < -0.3 is 14.8 Å². The Hall–Kier alpha value is -1.01. The number of carbonyl (C=O) groups is 1. The molecule has 0 aromatic heterocycles. The number of benzene rings is 1. The fourth-order valence-electron chi connectivity index (χ4n) is 2.35. The Morgan fingerprint density at radius 2 is 1.78 bits per heavy atom. The summed E-state index contributed by atoms with van der Waals surface area (Å²) >= 11 is 3.33. The van der Waals surface area contributed by atoms with E-state index in [1.807, 2.05) is 12.1 Å². The molecule has 1 saturated heterocycles. The second kappa shape index (κ2) is 4.28. The minimum atomic E-state index is -0.560. The van der Waals surface area contributed by atoms with Crippen molar-refractivity contribution >= 4 is 35.1 Å². The van der Waals surface area contributed by atoms with Gasteiger partial charge in [-0.2, -0.15) is 0 Å². The largest absolute Gasteiger partial charge is 0.496 e. The van der Waals surface area contributed by atoms with Crippen molar-refractivity contribution in [2.75, 3.05) is 31.0 Å². The molecule has 6 heteroatoms. The number of ether oxygens (including phenoxy) is 2. The lowest BCUT2D eigenvalue weighted by atomic mass is 10.1. The average Bonchev–Trinajstić information content (AvgIpc) is 2.97. The Labute approximate surface area is 114 Å². The van der Waals surface area contributed by atoms with E-state index in [0.717, 1.165) is 28.5 Å². The van der Waals surface area contributed by atoms with E-state index in [9.17, 15) is 4.79 Å². The first kappa shape index (κ1) is 12.0. The van der Waals surface area contributed by atoms with Gasteiger partial charge in [-0.3, -0.25) is 4.79 Å². The van der Waals surface area contributed by atoms with Crippen LogP contribution in [0.1, 0.15) is 5.56 Å². The van der Waals surface area contributed by atoms with Crippen LogP contribution in [0, 0.1) is 0 Å². The number of anilines is 1. The Balaban J connectivity index is 2.24. The summed E-state index contributed by atoms with van der Waals surface area (Å²) in [7, 11) is 3.23. The van der Waals surface area contributed by atoms with Crippen LogP contribution in [0.2, 0.25) is 0 Å². The van der Waals surface area contributed by atoms with Crippen molar-refractivity contribution in [1.82, 2.24) is 0 Å². The third kappa shape index (κ3) is 1.45. The number of methoxy groups -OCH3 is 2. The number of hydrogen-bond acceptors (Lipinski definition) is 5. The zero-order chi connectivity index (χ0) is 12.8. The van der Waals surface area contributed by atoms with E-state index in [1.165, 1.54) is 0 Å². The number of nitrogens with one attached hydrogen (secondary N) is 1. The van der Waals surface area contributed by atoms with E-state index in [4.69, 9.17) is 9.47 Å². The third-order valence-electron chi connectivity index (χ3n) is 3.13. The molecule has 96 valence electrons. The summed E-state index contributed by atoms with van der Waals surface area (Å²) < 4.78 is 10.2. The normalized spacial score (nSPS) is 19.8. The number of amides is 1. The van der Waals surface area contributed by atoms with Crippen molar-refractivity contribution in [3.8, 4) is 11.5 Å². The minimum Gasteiger partial charge on any atom is -0.496 e. The smallest absolute Gasteiger partial charge is 0.255 e. The molecule has 0 radical (unpaired) electrons. The Morgan fingerprint density at radius 1 is 1.17 bits per heavy atom. The van der Waals surface area contributed by atoms with E-state index in [-0.39, 0.29) is 5.91 Å². The SMILES string of the molecule is COc1ccc(OC)c2c1NC(=O)C21SCCS1. The maximum Gasteiger partial charge on any atom is 0.255 e. The molecular weight excluding hydrogens is 270 g/mol. The fourth-order valence-corrected chi connectivity index (χ4v) is 5.49. The minimum absolute atomic E-state index is 0.0211. The summed E-state index contributed by atoms with van der Waals surface area (Å²) in [6, 6.07) is 3.68. The van der Waals surface area contributed by atoms with Crippen LogP contribution >= 0.6 is 23.5 Å². The molecule has 1 spiro atoms. The predicted octanol–water partition coefficient (Wildman–Crippen LogP) is 2.29. The van der Waals surface area contributed by atoms with Gasteiger partial charge in [-0.1, -0.05) is 0 Å². The van der Waals surface area contributed by atoms with Crippen LogP contribution in [-0.2, 0) is 8.87 Å². The second-order valence-electron chi connectivity index (χ2n) is 3.99. The first-order valence-corrected chi connectivity index (χ1v) is 7.55. The molecule has 1 aromatic rings. The summed E-state index contributed by atoms with van der Waals surface area (Å²) in [5.41, 5.74) is 1.67. The molecule has 1 aromatic carbocycles. The van der Waals surface area contributed by atoms with E-state index >= 15 is 0 Å².